The van der Waals surface area contributed by atoms with Gasteiger partial charge in [-0.3, -0.25) is 14.7 Å². The van der Waals surface area contributed by atoms with Gasteiger partial charge in [-0.15, -0.1) is 0 Å². The number of pyridine rings is 1. The van der Waals surface area contributed by atoms with Crippen molar-refractivity contribution in [3.63, 3.8) is 0 Å². The Labute approximate surface area is 95.9 Å². The minimum Gasteiger partial charge on any atom is -0.481 e. The molecule has 0 bridgehead atoms. The zero-order valence-corrected chi connectivity index (χ0v) is 9.97. The number of carbonyl (C=O) groups is 1. The number of nitrogens with zero attached hydrogens (tertiary/aromatic N) is 2. The molecule has 0 aromatic carbocycles. The highest BCUT2D eigenvalue weighted by Crippen LogP contribution is 2.04. The van der Waals surface area contributed by atoms with Gasteiger partial charge in [0, 0.05) is 18.8 Å². The summed E-state index contributed by atoms with van der Waals surface area (Å²) in [7, 11) is 1.91. The van der Waals surface area contributed by atoms with Gasteiger partial charge in [0.1, 0.15) is 0 Å². The van der Waals surface area contributed by atoms with Crippen LogP contribution in [0.1, 0.15) is 18.3 Å². The largest absolute Gasteiger partial charge is 0.481 e. The number of carboxylic acid groups (broad SMARTS) is 1. The van der Waals surface area contributed by atoms with Crippen LogP contribution in [0.15, 0.2) is 18.2 Å². The van der Waals surface area contributed by atoms with Gasteiger partial charge in [0.25, 0.3) is 0 Å². The first kappa shape index (κ1) is 12.6. The summed E-state index contributed by atoms with van der Waals surface area (Å²) in [5, 5.41) is 8.80. The Balaban J connectivity index is 2.51. The van der Waals surface area contributed by atoms with Gasteiger partial charge in [0.15, 0.2) is 0 Å². The van der Waals surface area contributed by atoms with Crippen molar-refractivity contribution in [1.82, 2.24) is 9.88 Å². The van der Waals surface area contributed by atoms with Crippen LogP contribution in [-0.4, -0.2) is 34.6 Å². The van der Waals surface area contributed by atoms with Crippen LogP contribution in [0.4, 0.5) is 0 Å². The minimum absolute atomic E-state index is 0.352. The van der Waals surface area contributed by atoms with E-state index in [-0.39, 0.29) is 5.92 Å². The summed E-state index contributed by atoms with van der Waals surface area (Å²) in [5.74, 6) is -1.11. The molecule has 4 nitrogen and oxygen atoms in total. The lowest BCUT2D eigenvalue weighted by atomic mass is 10.1. The second-order valence-corrected chi connectivity index (χ2v) is 4.21. The lowest BCUT2D eigenvalue weighted by Crippen LogP contribution is -2.28. The quantitative estimate of drug-likeness (QED) is 0.821. The van der Waals surface area contributed by atoms with Crippen molar-refractivity contribution >= 4 is 5.97 Å². The zero-order chi connectivity index (χ0) is 12.1. The van der Waals surface area contributed by atoms with Crippen molar-refractivity contribution in [2.45, 2.75) is 20.4 Å². The minimum atomic E-state index is -0.760. The predicted octanol–water partition coefficient (Wildman–Crippen LogP) is 1.54. The van der Waals surface area contributed by atoms with Gasteiger partial charge < -0.3 is 5.11 Å². The fourth-order valence-electron chi connectivity index (χ4n) is 1.57. The summed E-state index contributed by atoms with van der Waals surface area (Å²) >= 11 is 0. The first-order valence-electron chi connectivity index (χ1n) is 5.33. The monoisotopic (exact) mass is 222 g/mol. The Morgan fingerprint density at radius 2 is 2.25 bits per heavy atom. The van der Waals surface area contributed by atoms with Crippen LogP contribution >= 0.6 is 0 Å². The normalized spacial score (nSPS) is 12.8. The number of aryl methyl sites for hydroxylation is 1. The molecule has 1 heterocycles. The van der Waals surface area contributed by atoms with Crippen LogP contribution in [-0.2, 0) is 11.3 Å². The average molecular weight is 222 g/mol. The molecule has 0 saturated heterocycles. The Morgan fingerprint density at radius 1 is 1.56 bits per heavy atom. The van der Waals surface area contributed by atoms with Crippen LogP contribution in [0.25, 0.3) is 0 Å². The summed E-state index contributed by atoms with van der Waals surface area (Å²) in [6.45, 7) is 4.87. The third kappa shape index (κ3) is 3.98. The molecule has 1 aromatic rings. The van der Waals surface area contributed by atoms with Crippen molar-refractivity contribution in [2.24, 2.45) is 5.92 Å². The van der Waals surface area contributed by atoms with Crippen molar-refractivity contribution in [2.75, 3.05) is 13.6 Å². The van der Waals surface area contributed by atoms with Gasteiger partial charge >= 0.3 is 5.97 Å². The number of carboxylic acids is 1. The third-order valence-corrected chi connectivity index (χ3v) is 2.39. The molecule has 0 spiro atoms. The Kier molecular flexibility index (Phi) is 4.43. The highest BCUT2D eigenvalue weighted by molar-refractivity contribution is 5.69. The second kappa shape index (κ2) is 5.61. The van der Waals surface area contributed by atoms with Crippen molar-refractivity contribution in [3.05, 3.63) is 29.6 Å². The number of aliphatic carboxylic acids is 1. The number of aromatic nitrogens is 1. The molecule has 1 N–H and O–H groups in total. The smallest absolute Gasteiger partial charge is 0.307 e. The molecule has 1 atom stereocenters. The molecule has 4 heteroatoms. The molecule has 0 aliphatic carbocycles. The lowest BCUT2D eigenvalue weighted by molar-refractivity contribution is -0.141. The number of hydrogen-bond acceptors (Lipinski definition) is 3. The molecule has 0 fully saturated rings. The van der Waals surface area contributed by atoms with E-state index in [2.05, 4.69) is 4.98 Å². The van der Waals surface area contributed by atoms with E-state index in [9.17, 15) is 4.79 Å². The van der Waals surface area contributed by atoms with Gasteiger partial charge in [-0.25, -0.2) is 0 Å². The molecule has 88 valence electrons. The molecule has 16 heavy (non-hydrogen) atoms. The molecule has 0 radical (unpaired) electrons. The molecule has 0 saturated carbocycles. The molecule has 0 amide bonds. The van der Waals surface area contributed by atoms with E-state index in [1.165, 1.54) is 0 Å². The summed E-state index contributed by atoms with van der Waals surface area (Å²) in [6, 6.07) is 5.87. The molecule has 1 rings (SSSR count). The summed E-state index contributed by atoms with van der Waals surface area (Å²) in [6.07, 6.45) is 0. The van der Waals surface area contributed by atoms with Gasteiger partial charge in [-0.1, -0.05) is 13.0 Å². The average Bonchev–Trinajstić information content (AvgIpc) is 2.16. The third-order valence-electron chi connectivity index (χ3n) is 2.39. The van der Waals surface area contributed by atoms with Crippen LogP contribution in [0.3, 0.4) is 0 Å². The first-order valence-corrected chi connectivity index (χ1v) is 5.33. The molecule has 1 aromatic heterocycles. The fourth-order valence-corrected chi connectivity index (χ4v) is 1.57. The highest BCUT2D eigenvalue weighted by atomic mass is 16.4. The van der Waals surface area contributed by atoms with Crippen LogP contribution in [0.2, 0.25) is 0 Å². The number of rotatable bonds is 5. The predicted molar refractivity (Wildman–Crippen MR) is 62.1 cm³/mol. The molecule has 1 unspecified atom stereocenters. The van der Waals surface area contributed by atoms with E-state index in [0.717, 1.165) is 11.4 Å². The van der Waals surface area contributed by atoms with E-state index in [4.69, 9.17) is 5.11 Å². The van der Waals surface area contributed by atoms with Crippen LogP contribution < -0.4 is 0 Å². The molecule has 0 aliphatic rings. The van der Waals surface area contributed by atoms with Gasteiger partial charge in [-0.05, 0) is 26.1 Å². The first-order chi connectivity index (χ1) is 7.49. The topological polar surface area (TPSA) is 53.4 Å². The number of hydrogen-bond donors (Lipinski definition) is 1. The van der Waals surface area contributed by atoms with E-state index in [1.54, 1.807) is 6.92 Å². The van der Waals surface area contributed by atoms with Crippen molar-refractivity contribution < 1.29 is 9.90 Å². The van der Waals surface area contributed by atoms with Crippen molar-refractivity contribution in [3.8, 4) is 0 Å². The standard InChI is InChI=1S/C12H18N2O2/c1-9(12(15)16)7-14(3)8-11-6-4-5-10(2)13-11/h4-6,9H,7-8H2,1-3H3,(H,15,16). The van der Waals surface area contributed by atoms with Crippen LogP contribution in [0.5, 0.6) is 0 Å². The lowest BCUT2D eigenvalue weighted by Gasteiger charge is -2.18. The van der Waals surface area contributed by atoms with Crippen LogP contribution in [0, 0.1) is 12.8 Å². The van der Waals surface area contributed by atoms with Gasteiger partial charge in [-0.2, -0.15) is 0 Å². The Hall–Kier alpha value is -1.42. The van der Waals surface area contributed by atoms with Gasteiger partial charge in [0.05, 0.1) is 11.6 Å². The summed E-state index contributed by atoms with van der Waals surface area (Å²) in [5.41, 5.74) is 1.96. The maximum absolute atomic E-state index is 10.7. The van der Waals surface area contributed by atoms with E-state index >= 15 is 0 Å². The van der Waals surface area contributed by atoms with E-state index in [1.807, 2.05) is 37.1 Å². The zero-order valence-electron chi connectivity index (χ0n) is 9.97. The second-order valence-electron chi connectivity index (χ2n) is 4.21. The Bertz CT molecular complexity index is 366. The maximum Gasteiger partial charge on any atom is 0.307 e. The molecule has 0 aliphatic heterocycles. The Morgan fingerprint density at radius 3 is 2.81 bits per heavy atom. The maximum atomic E-state index is 10.7. The molecular formula is C12H18N2O2. The SMILES string of the molecule is Cc1cccc(CN(C)CC(C)C(=O)O)n1. The fraction of sp³-hybridized carbons (Fsp3) is 0.500. The summed E-state index contributed by atoms with van der Waals surface area (Å²) < 4.78 is 0. The highest BCUT2D eigenvalue weighted by Gasteiger charge is 2.13. The van der Waals surface area contributed by atoms with E-state index < -0.39 is 5.97 Å². The van der Waals surface area contributed by atoms with Crippen molar-refractivity contribution in [1.29, 1.82) is 0 Å². The van der Waals surface area contributed by atoms with E-state index in [0.29, 0.717) is 13.1 Å². The molecular weight excluding hydrogens is 204 g/mol. The van der Waals surface area contributed by atoms with Gasteiger partial charge in [0.2, 0.25) is 0 Å². The summed E-state index contributed by atoms with van der Waals surface area (Å²) in [4.78, 5) is 17.0.